The first-order chi connectivity index (χ1) is 7.78. The molecule has 2 aliphatic rings. The molecule has 1 saturated heterocycles. The Morgan fingerprint density at radius 2 is 2.38 bits per heavy atom. The van der Waals surface area contributed by atoms with Gasteiger partial charge in [-0.1, -0.05) is 0 Å². The molecule has 3 nitrogen and oxygen atoms in total. The molecule has 1 amide bonds. The quantitative estimate of drug-likeness (QED) is 0.740. The highest BCUT2D eigenvalue weighted by atomic mass is 32.1. The van der Waals surface area contributed by atoms with Gasteiger partial charge in [-0.05, 0) is 31.2 Å². The van der Waals surface area contributed by atoms with Crippen molar-refractivity contribution in [2.75, 3.05) is 6.54 Å². The van der Waals surface area contributed by atoms with Gasteiger partial charge in [0.2, 0.25) is 5.91 Å². The Kier molecular flexibility index (Phi) is 2.05. The number of hydrogen-bond donors (Lipinski definition) is 1. The smallest absolute Gasteiger partial charge is 0.230 e. The van der Waals surface area contributed by atoms with Crippen LogP contribution in [0.3, 0.4) is 0 Å². The van der Waals surface area contributed by atoms with E-state index in [4.69, 9.17) is 5.26 Å². The van der Waals surface area contributed by atoms with Gasteiger partial charge < -0.3 is 5.32 Å². The second-order valence-electron chi connectivity index (χ2n) is 4.50. The molecule has 82 valence electrons. The van der Waals surface area contributed by atoms with Gasteiger partial charge in [0.25, 0.3) is 0 Å². The van der Waals surface area contributed by atoms with E-state index in [1.165, 1.54) is 4.88 Å². The number of nitrogens with one attached hydrogen (secondary N) is 1. The van der Waals surface area contributed by atoms with E-state index in [1.54, 1.807) is 11.3 Å². The molecule has 3 rings (SSSR count). The Bertz CT molecular complexity index is 500. The third-order valence-electron chi connectivity index (χ3n) is 3.75. The molecular weight excluding hydrogens is 220 g/mol. The van der Waals surface area contributed by atoms with Gasteiger partial charge in [-0.25, -0.2) is 0 Å². The summed E-state index contributed by atoms with van der Waals surface area (Å²) in [4.78, 5) is 13.3. The lowest BCUT2D eigenvalue weighted by Gasteiger charge is -2.31. The van der Waals surface area contributed by atoms with Crippen LogP contribution in [0, 0.1) is 11.3 Å². The fraction of sp³-hybridized carbons (Fsp3) is 0.500. The van der Waals surface area contributed by atoms with E-state index < -0.39 is 0 Å². The van der Waals surface area contributed by atoms with E-state index in [2.05, 4.69) is 11.4 Å². The van der Waals surface area contributed by atoms with Crippen molar-refractivity contribution >= 4 is 17.2 Å². The van der Waals surface area contributed by atoms with Gasteiger partial charge in [0.1, 0.15) is 6.07 Å². The summed E-state index contributed by atoms with van der Waals surface area (Å²) in [5, 5.41) is 14.0. The Morgan fingerprint density at radius 3 is 3.06 bits per heavy atom. The minimum absolute atomic E-state index is 0.128. The van der Waals surface area contributed by atoms with Gasteiger partial charge in [0.15, 0.2) is 0 Å². The standard InChI is InChI=1S/C12H12N2OS/c13-6-8-7-16-9-2-1-3-12(10(8)9)4-5-14-11(12)15/h7H,1-5H2,(H,14,15). The van der Waals surface area contributed by atoms with E-state index >= 15 is 0 Å². The van der Waals surface area contributed by atoms with Crippen LogP contribution in [0.4, 0.5) is 0 Å². The first-order valence-corrected chi connectivity index (χ1v) is 6.45. The van der Waals surface area contributed by atoms with Crippen LogP contribution in [0.15, 0.2) is 5.38 Å². The number of fused-ring (bicyclic) bond motifs is 2. The first-order valence-electron chi connectivity index (χ1n) is 5.57. The monoisotopic (exact) mass is 232 g/mol. The maximum absolute atomic E-state index is 12.1. The number of nitrogens with zero attached hydrogens (tertiary/aromatic N) is 1. The van der Waals surface area contributed by atoms with Gasteiger partial charge in [0.05, 0.1) is 11.0 Å². The number of nitriles is 1. The number of hydrogen-bond acceptors (Lipinski definition) is 3. The molecule has 0 saturated carbocycles. The number of carbonyl (C=O) groups is 1. The summed E-state index contributed by atoms with van der Waals surface area (Å²) in [7, 11) is 0. The van der Waals surface area contributed by atoms with E-state index in [-0.39, 0.29) is 11.3 Å². The first kappa shape index (κ1) is 9.86. The van der Waals surface area contributed by atoms with Crippen molar-refractivity contribution in [3.8, 4) is 6.07 Å². The summed E-state index contributed by atoms with van der Waals surface area (Å²) >= 11 is 1.64. The van der Waals surface area contributed by atoms with Crippen LogP contribution < -0.4 is 5.32 Å². The Morgan fingerprint density at radius 1 is 1.50 bits per heavy atom. The van der Waals surface area contributed by atoms with Crippen LogP contribution in [-0.4, -0.2) is 12.5 Å². The van der Waals surface area contributed by atoms with Crippen molar-refractivity contribution in [2.24, 2.45) is 0 Å². The average Bonchev–Trinajstić information content (AvgIpc) is 2.86. The van der Waals surface area contributed by atoms with Crippen LogP contribution in [0.25, 0.3) is 0 Å². The van der Waals surface area contributed by atoms with Gasteiger partial charge in [-0.2, -0.15) is 5.26 Å². The largest absolute Gasteiger partial charge is 0.355 e. The molecule has 4 heteroatoms. The van der Waals surface area contributed by atoms with E-state index in [9.17, 15) is 4.79 Å². The molecule has 1 aromatic heterocycles. The molecule has 1 spiro atoms. The SMILES string of the molecule is N#Cc1csc2c1C1(CCC2)CCNC1=O. The van der Waals surface area contributed by atoms with E-state index in [0.717, 1.165) is 43.4 Å². The average molecular weight is 232 g/mol. The van der Waals surface area contributed by atoms with Crippen LogP contribution in [-0.2, 0) is 16.6 Å². The molecule has 16 heavy (non-hydrogen) atoms. The molecule has 1 atom stereocenters. The van der Waals surface area contributed by atoms with Crippen LogP contribution in [0.2, 0.25) is 0 Å². The highest BCUT2D eigenvalue weighted by molar-refractivity contribution is 7.10. The summed E-state index contributed by atoms with van der Waals surface area (Å²) in [6.45, 7) is 0.749. The summed E-state index contributed by atoms with van der Waals surface area (Å²) in [6, 6.07) is 2.24. The van der Waals surface area contributed by atoms with Crippen LogP contribution in [0.1, 0.15) is 35.3 Å². The number of aryl methyl sites for hydroxylation is 1. The molecule has 0 radical (unpaired) electrons. The highest BCUT2D eigenvalue weighted by Gasteiger charge is 2.48. The van der Waals surface area contributed by atoms with E-state index in [0.29, 0.717) is 0 Å². The third kappa shape index (κ3) is 1.09. The predicted molar refractivity (Wildman–Crippen MR) is 61.3 cm³/mol. The zero-order valence-electron chi connectivity index (χ0n) is 8.88. The second-order valence-corrected chi connectivity index (χ2v) is 5.47. The molecule has 2 heterocycles. The molecular formula is C12H12N2OS. The van der Waals surface area contributed by atoms with Gasteiger partial charge in [-0.3, -0.25) is 4.79 Å². The summed E-state index contributed by atoms with van der Waals surface area (Å²) < 4.78 is 0. The van der Waals surface area contributed by atoms with E-state index in [1.807, 2.05) is 5.38 Å². The number of carbonyl (C=O) groups excluding carboxylic acids is 1. The van der Waals surface area contributed by atoms with Crippen molar-refractivity contribution in [2.45, 2.75) is 31.1 Å². The summed E-state index contributed by atoms with van der Waals surface area (Å²) in [6.07, 6.45) is 3.84. The Balaban J connectivity index is 2.22. The zero-order valence-corrected chi connectivity index (χ0v) is 9.69. The molecule has 1 aromatic rings. The number of rotatable bonds is 0. The molecule has 1 aliphatic carbocycles. The molecule has 1 fully saturated rings. The van der Waals surface area contributed by atoms with Crippen molar-refractivity contribution in [3.05, 3.63) is 21.4 Å². The molecule has 1 aliphatic heterocycles. The molecule has 0 aromatic carbocycles. The third-order valence-corrected chi connectivity index (χ3v) is 4.79. The lowest BCUT2D eigenvalue weighted by molar-refractivity contribution is -0.124. The van der Waals surface area contributed by atoms with Crippen molar-refractivity contribution in [1.29, 1.82) is 5.26 Å². The lowest BCUT2D eigenvalue weighted by Crippen LogP contribution is -2.38. The molecule has 1 N–H and O–H groups in total. The van der Waals surface area contributed by atoms with Crippen molar-refractivity contribution in [1.82, 2.24) is 5.32 Å². The van der Waals surface area contributed by atoms with Gasteiger partial charge in [0, 0.05) is 16.8 Å². The summed E-state index contributed by atoms with van der Waals surface area (Å²) in [5.74, 6) is 0.128. The maximum Gasteiger partial charge on any atom is 0.230 e. The second kappa shape index (κ2) is 3.33. The number of amides is 1. The van der Waals surface area contributed by atoms with Crippen LogP contribution >= 0.6 is 11.3 Å². The van der Waals surface area contributed by atoms with Gasteiger partial charge >= 0.3 is 0 Å². The minimum Gasteiger partial charge on any atom is -0.355 e. The predicted octanol–water partition coefficient (Wildman–Crippen LogP) is 1.71. The Hall–Kier alpha value is -1.34. The Labute approximate surface area is 98.1 Å². The van der Waals surface area contributed by atoms with Crippen molar-refractivity contribution in [3.63, 3.8) is 0 Å². The normalized spacial score (nSPS) is 27.6. The molecule has 0 bridgehead atoms. The fourth-order valence-corrected chi connectivity index (χ4v) is 4.13. The lowest BCUT2D eigenvalue weighted by atomic mass is 9.70. The zero-order chi connectivity index (χ0) is 11.2. The van der Waals surface area contributed by atoms with Crippen molar-refractivity contribution < 1.29 is 4.79 Å². The summed E-state index contributed by atoms with van der Waals surface area (Å²) in [5.41, 5.74) is 1.39. The van der Waals surface area contributed by atoms with Crippen LogP contribution in [0.5, 0.6) is 0 Å². The molecule has 1 unspecified atom stereocenters. The minimum atomic E-state index is -0.376. The highest BCUT2D eigenvalue weighted by Crippen LogP contribution is 2.46. The topological polar surface area (TPSA) is 52.9 Å². The number of thiophene rings is 1. The van der Waals surface area contributed by atoms with Gasteiger partial charge in [-0.15, -0.1) is 11.3 Å². The fourth-order valence-electron chi connectivity index (χ4n) is 3.01. The maximum atomic E-state index is 12.1.